The number of hydrogen-bond acceptors (Lipinski definition) is 6. The first-order valence-electron chi connectivity index (χ1n) is 9.27. The van der Waals surface area contributed by atoms with E-state index in [0.717, 1.165) is 16.6 Å². The normalized spacial score (nSPS) is 18.8. The maximum Gasteiger partial charge on any atom is 0.405 e. The van der Waals surface area contributed by atoms with E-state index < -0.39 is 17.4 Å². The Morgan fingerprint density at radius 2 is 2.07 bits per heavy atom. The standard InChI is InChI=1S/C20H21FN6O2/c1-20(26-19(28)29)4-7-27(12-20)18-14(21)10-22-11-17(18)25-9-13-2-3-15-16(8-13)24-6-5-23-15/h2-3,5-6,8,10-11,25-26H,4,7,9,12H2,1H3,(H,28,29). The number of anilines is 2. The first kappa shape index (κ1) is 18.9. The molecule has 3 heterocycles. The summed E-state index contributed by atoms with van der Waals surface area (Å²) in [4.78, 5) is 25.4. The SMILES string of the molecule is CC1(NC(=O)O)CCN(c2c(F)cncc2NCc2ccc3nccnc3c2)C1. The Hall–Kier alpha value is -3.49. The fourth-order valence-electron chi connectivity index (χ4n) is 3.71. The van der Waals surface area contributed by atoms with E-state index in [9.17, 15) is 9.18 Å². The second-order valence-electron chi connectivity index (χ2n) is 7.41. The number of aromatic nitrogens is 3. The van der Waals surface area contributed by atoms with E-state index in [0.29, 0.717) is 37.4 Å². The van der Waals surface area contributed by atoms with Gasteiger partial charge in [0.05, 0.1) is 40.3 Å². The van der Waals surface area contributed by atoms with Crippen molar-refractivity contribution in [3.05, 3.63) is 54.4 Å². The van der Waals surface area contributed by atoms with Gasteiger partial charge in [-0.1, -0.05) is 6.07 Å². The molecule has 1 atom stereocenters. The van der Waals surface area contributed by atoms with Crippen molar-refractivity contribution in [3.63, 3.8) is 0 Å². The van der Waals surface area contributed by atoms with Gasteiger partial charge in [-0.15, -0.1) is 0 Å². The lowest BCUT2D eigenvalue weighted by molar-refractivity contribution is 0.182. The topological polar surface area (TPSA) is 103 Å². The third-order valence-electron chi connectivity index (χ3n) is 5.09. The smallest absolute Gasteiger partial charge is 0.405 e. The van der Waals surface area contributed by atoms with E-state index in [4.69, 9.17) is 5.11 Å². The summed E-state index contributed by atoms with van der Waals surface area (Å²) < 4.78 is 14.7. The Morgan fingerprint density at radius 1 is 1.28 bits per heavy atom. The van der Waals surface area contributed by atoms with Gasteiger partial charge in [-0.3, -0.25) is 15.0 Å². The predicted molar refractivity (Wildman–Crippen MR) is 107 cm³/mol. The third-order valence-corrected chi connectivity index (χ3v) is 5.09. The molecule has 0 radical (unpaired) electrons. The van der Waals surface area contributed by atoms with Crippen LogP contribution in [0.4, 0.5) is 20.6 Å². The van der Waals surface area contributed by atoms with Crippen LogP contribution >= 0.6 is 0 Å². The van der Waals surface area contributed by atoms with E-state index in [1.165, 1.54) is 6.20 Å². The quantitative estimate of drug-likeness (QED) is 0.609. The average Bonchev–Trinajstić information content (AvgIpc) is 3.06. The first-order chi connectivity index (χ1) is 13.9. The molecule has 1 amide bonds. The van der Waals surface area contributed by atoms with E-state index in [2.05, 4.69) is 25.6 Å². The number of carboxylic acid groups (broad SMARTS) is 1. The van der Waals surface area contributed by atoms with Gasteiger partial charge in [-0.05, 0) is 31.0 Å². The van der Waals surface area contributed by atoms with Crippen molar-refractivity contribution in [1.29, 1.82) is 0 Å². The lowest BCUT2D eigenvalue weighted by atomic mass is 10.0. The van der Waals surface area contributed by atoms with Crippen molar-refractivity contribution in [3.8, 4) is 0 Å². The highest BCUT2D eigenvalue weighted by molar-refractivity contribution is 5.75. The van der Waals surface area contributed by atoms with Crippen molar-refractivity contribution in [1.82, 2.24) is 20.3 Å². The molecule has 1 fully saturated rings. The number of nitrogens with one attached hydrogen (secondary N) is 2. The van der Waals surface area contributed by atoms with Gasteiger partial charge in [0.2, 0.25) is 0 Å². The Balaban J connectivity index is 1.54. The van der Waals surface area contributed by atoms with Gasteiger partial charge >= 0.3 is 6.09 Å². The van der Waals surface area contributed by atoms with E-state index in [-0.39, 0.29) is 0 Å². The predicted octanol–water partition coefficient (Wildman–Crippen LogP) is 3.01. The highest BCUT2D eigenvalue weighted by Crippen LogP contribution is 2.34. The maximum atomic E-state index is 14.7. The van der Waals surface area contributed by atoms with Crippen LogP contribution in [0.5, 0.6) is 0 Å². The van der Waals surface area contributed by atoms with Crippen molar-refractivity contribution >= 4 is 28.5 Å². The summed E-state index contributed by atoms with van der Waals surface area (Å²) in [6, 6.07) is 5.78. The third kappa shape index (κ3) is 4.03. The maximum absolute atomic E-state index is 14.7. The fourth-order valence-corrected chi connectivity index (χ4v) is 3.71. The summed E-state index contributed by atoms with van der Waals surface area (Å²) in [5.41, 5.74) is 2.91. The van der Waals surface area contributed by atoms with E-state index in [1.807, 2.05) is 30.0 Å². The number of nitrogens with zero attached hydrogens (tertiary/aromatic N) is 4. The molecule has 1 aliphatic rings. The number of fused-ring (bicyclic) bond motifs is 1. The number of rotatable bonds is 5. The molecule has 0 saturated carbocycles. The van der Waals surface area contributed by atoms with Crippen LogP contribution in [-0.4, -0.2) is 44.8 Å². The molecule has 1 aliphatic heterocycles. The Labute approximate surface area is 166 Å². The summed E-state index contributed by atoms with van der Waals surface area (Å²) in [6.07, 6.45) is 5.55. The van der Waals surface area contributed by atoms with Gasteiger partial charge in [0.1, 0.15) is 0 Å². The molecule has 1 unspecified atom stereocenters. The number of halogens is 1. The monoisotopic (exact) mass is 396 g/mol. The number of hydrogen-bond donors (Lipinski definition) is 3. The lowest BCUT2D eigenvalue weighted by Crippen LogP contribution is -2.47. The van der Waals surface area contributed by atoms with Gasteiger partial charge in [0.15, 0.2) is 5.82 Å². The number of pyridine rings is 1. The fraction of sp³-hybridized carbons (Fsp3) is 0.300. The average molecular weight is 396 g/mol. The zero-order valence-corrected chi connectivity index (χ0v) is 15.9. The molecule has 8 nitrogen and oxygen atoms in total. The van der Waals surface area contributed by atoms with Crippen molar-refractivity contribution < 1.29 is 14.3 Å². The largest absolute Gasteiger partial charge is 0.465 e. The van der Waals surface area contributed by atoms with Crippen LogP contribution in [0, 0.1) is 5.82 Å². The number of amides is 1. The number of benzene rings is 1. The Kier molecular flexibility index (Phi) is 4.87. The second kappa shape index (κ2) is 7.50. The molecule has 0 spiro atoms. The molecule has 3 N–H and O–H groups in total. The molecule has 29 heavy (non-hydrogen) atoms. The van der Waals surface area contributed by atoms with E-state index >= 15 is 0 Å². The van der Waals surface area contributed by atoms with Gasteiger partial charge < -0.3 is 20.6 Å². The van der Waals surface area contributed by atoms with E-state index in [1.54, 1.807) is 18.6 Å². The summed E-state index contributed by atoms with van der Waals surface area (Å²) in [5, 5.41) is 14.8. The minimum absolute atomic E-state index is 0.375. The van der Waals surface area contributed by atoms with Crippen LogP contribution in [-0.2, 0) is 6.54 Å². The summed E-state index contributed by atoms with van der Waals surface area (Å²) in [5.74, 6) is -0.445. The molecule has 0 bridgehead atoms. The molecular weight excluding hydrogens is 375 g/mol. The summed E-state index contributed by atoms with van der Waals surface area (Å²) >= 11 is 0. The highest BCUT2D eigenvalue weighted by atomic mass is 19.1. The van der Waals surface area contributed by atoms with Crippen LogP contribution in [0.3, 0.4) is 0 Å². The molecule has 3 aromatic rings. The van der Waals surface area contributed by atoms with Crippen LogP contribution in [0.2, 0.25) is 0 Å². The first-order valence-corrected chi connectivity index (χ1v) is 9.27. The molecule has 1 saturated heterocycles. The molecule has 2 aromatic heterocycles. The molecule has 1 aromatic carbocycles. The zero-order chi connectivity index (χ0) is 20.4. The minimum Gasteiger partial charge on any atom is -0.465 e. The Bertz CT molecular complexity index is 1060. The molecule has 150 valence electrons. The summed E-state index contributed by atoms with van der Waals surface area (Å²) in [6.45, 7) is 3.20. The summed E-state index contributed by atoms with van der Waals surface area (Å²) in [7, 11) is 0. The molecular formula is C20H21FN6O2. The van der Waals surface area contributed by atoms with Gasteiger partial charge in [-0.2, -0.15) is 0 Å². The Morgan fingerprint density at radius 3 is 2.86 bits per heavy atom. The van der Waals surface area contributed by atoms with Crippen molar-refractivity contribution in [2.45, 2.75) is 25.4 Å². The zero-order valence-electron chi connectivity index (χ0n) is 15.9. The number of carbonyl (C=O) groups is 1. The molecule has 9 heteroatoms. The lowest BCUT2D eigenvalue weighted by Gasteiger charge is -2.27. The van der Waals surface area contributed by atoms with Crippen LogP contribution in [0.25, 0.3) is 11.0 Å². The minimum atomic E-state index is -1.08. The van der Waals surface area contributed by atoms with Crippen molar-refractivity contribution in [2.75, 3.05) is 23.3 Å². The van der Waals surface area contributed by atoms with Crippen LogP contribution < -0.4 is 15.5 Å². The van der Waals surface area contributed by atoms with Crippen molar-refractivity contribution in [2.24, 2.45) is 0 Å². The molecule has 0 aliphatic carbocycles. The molecule has 4 rings (SSSR count). The van der Waals surface area contributed by atoms with Crippen LogP contribution in [0.1, 0.15) is 18.9 Å². The van der Waals surface area contributed by atoms with Gasteiger partial charge in [0.25, 0.3) is 0 Å². The highest BCUT2D eigenvalue weighted by Gasteiger charge is 2.37. The van der Waals surface area contributed by atoms with Crippen LogP contribution in [0.15, 0.2) is 43.0 Å². The van der Waals surface area contributed by atoms with Gasteiger partial charge in [0, 0.05) is 32.0 Å². The second-order valence-corrected chi connectivity index (χ2v) is 7.41. The van der Waals surface area contributed by atoms with Gasteiger partial charge in [-0.25, -0.2) is 9.18 Å².